The average molecular weight is 338 g/mol. The summed E-state index contributed by atoms with van der Waals surface area (Å²) in [4.78, 5) is 14.6. The highest BCUT2D eigenvalue weighted by atomic mass is 16.5. The lowest BCUT2D eigenvalue weighted by Gasteiger charge is -2.31. The number of amides is 1. The molecule has 0 unspecified atom stereocenters. The zero-order chi connectivity index (χ0) is 17.5. The summed E-state index contributed by atoms with van der Waals surface area (Å²) >= 11 is 0. The summed E-state index contributed by atoms with van der Waals surface area (Å²) in [6.45, 7) is 4.58. The molecule has 1 aliphatic rings. The molecule has 3 rings (SSSR count). The molecule has 1 fully saturated rings. The van der Waals surface area contributed by atoms with Crippen molar-refractivity contribution in [3.8, 4) is 0 Å². The van der Waals surface area contributed by atoms with Crippen molar-refractivity contribution in [1.29, 1.82) is 0 Å². The Morgan fingerprint density at radius 2 is 1.64 bits per heavy atom. The summed E-state index contributed by atoms with van der Waals surface area (Å²) in [5.41, 5.74) is 2.46. The third-order valence-corrected chi connectivity index (χ3v) is 4.63. The van der Waals surface area contributed by atoms with Crippen LogP contribution in [-0.2, 0) is 16.0 Å². The molecule has 25 heavy (non-hydrogen) atoms. The van der Waals surface area contributed by atoms with Gasteiger partial charge in [-0.1, -0.05) is 60.7 Å². The quantitative estimate of drug-likeness (QED) is 0.881. The van der Waals surface area contributed by atoms with E-state index in [4.69, 9.17) is 4.74 Å². The normalized spacial score (nSPS) is 17.1. The molecule has 0 bridgehead atoms. The maximum absolute atomic E-state index is 12.7. The number of rotatable bonds is 6. The molecule has 1 amide bonds. The number of morpholine rings is 1. The summed E-state index contributed by atoms with van der Waals surface area (Å²) in [5.74, 6) is 0.150. The molecular weight excluding hydrogens is 312 g/mol. The number of nitrogens with one attached hydrogen (secondary N) is 1. The van der Waals surface area contributed by atoms with E-state index in [1.54, 1.807) is 0 Å². The highest BCUT2D eigenvalue weighted by Crippen LogP contribution is 2.19. The van der Waals surface area contributed by atoms with Gasteiger partial charge >= 0.3 is 0 Å². The molecule has 0 aromatic heterocycles. The number of ether oxygens (including phenoxy) is 1. The molecule has 1 aliphatic heterocycles. The molecule has 1 heterocycles. The van der Waals surface area contributed by atoms with Gasteiger partial charge in [0.05, 0.1) is 19.3 Å². The van der Waals surface area contributed by atoms with E-state index in [2.05, 4.69) is 41.7 Å². The molecule has 4 nitrogen and oxygen atoms in total. The van der Waals surface area contributed by atoms with Crippen LogP contribution in [-0.4, -0.2) is 43.2 Å². The SMILES string of the molecule is C[C@@H](N[C@@H](Cc1ccccc1)c1ccccc1)C(=O)N1CCOCC1. The number of carbonyl (C=O) groups excluding carboxylic acids is 1. The van der Waals surface area contributed by atoms with Crippen molar-refractivity contribution in [3.05, 3.63) is 71.8 Å². The minimum atomic E-state index is -0.230. The van der Waals surface area contributed by atoms with Crippen molar-refractivity contribution in [3.63, 3.8) is 0 Å². The number of carbonyl (C=O) groups is 1. The Balaban J connectivity index is 1.71. The van der Waals surface area contributed by atoms with Crippen molar-refractivity contribution in [2.24, 2.45) is 0 Å². The second-order valence-electron chi connectivity index (χ2n) is 6.48. The summed E-state index contributed by atoms with van der Waals surface area (Å²) in [5, 5.41) is 3.55. The van der Waals surface area contributed by atoms with Gasteiger partial charge in [0.25, 0.3) is 0 Å². The zero-order valence-corrected chi connectivity index (χ0v) is 14.7. The third-order valence-electron chi connectivity index (χ3n) is 4.63. The van der Waals surface area contributed by atoms with E-state index in [1.807, 2.05) is 36.1 Å². The standard InChI is InChI=1S/C21H26N2O2/c1-17(21(24)23-12-14-25-15-13-23)22-20(19-10-6-3-7-11-19)16-18-8-4-2-5-9-18/h2-11,17,20,22H,12-16H2,1H3/t17-,20+/m1/s1. The van der Waals surface area contributed by atoms with Crippen LogP contribution in [0.4, 0.5) is 0 Å². The molecule has 132 valence electrons. The van der Waals surface area contributed by atoms with Crippen molar-refractivity contribution in [1.82, 2.24) is 10.2 Å². The van der Waals surface area contributed by atoms with Gasteiger partial charge in [-0.25, -0.2) is 0 Å². The second-order valence-corrected chi connectivity index (χ2v) is 6.48. The van der Waals surface area contributed by atoms with Gasteiger partial charge in [0, 0.05) is 19.1 Å². The van der Waals surface area contributed by atoms with Crippen molar-refractivity contribution < 1.29 is 9.53 Å². The van der Waals surface area contributed by atoms with Crippen molar-refractivity contribution in [2.75, 3.05) is 26.3 Å². The second kappa shape index (κ2) is 8.79. The first kappa shape index (κ1) is 17.6. The van der Waals surface area contributed by atoms with Crippen LogP contribution >= 0.6 is 0 Å². The molecule has 1 N–H and O–H groups in total. The van der Waals surface area contributed by atoms with Crippen LogP contribution < -0.4 is 5.32 Å². The van der Waals surface area contributed by atoms with Crippen LogP contribution in [0, 0.1) is 0 Å². The molecule has 0 radical (unpaired) electrons. The monoisotopic (exact) mass is 338 g/mol. The highest BCUT2D eigenvalue weighted by Gasteiger charge is 2.25. The number of hydrogen-bond donors (Lipinski definition) is 1. The van der Waals surface area contributed by atoms with E-state index >= 15 is 0 Å². The summed E-state index contributed by atoms with van der Waals surface area (Å²) in [6, 6.07) is 20.6. The fraction of sp³-hybridized carbons (Fsp3) is 0.381. The highest BCUT2D eigenvalue weighted by molar-refractivity contribution is 5.81. The first-order chi connectivity index (χ1) is 12.2. The Bertz CT molecular complexity index is 654. The molecule has 1 saturated heterocycles. The van der Waals surface area contributed by atoms with E-state index < -0.39 is 0 Å². The molecule has 2 aromatic rings. The van der Waals surface area contributed by atoms with Crippen LogP contribution in [0.5, 0.6) is 0 Å². The minimum absolute atomic E-state index is 0.101. The van der Waals surface area contributed by atoms with Gasteiger partial charge in [-0.05, 0) is 24.5 Å². The Kier molecular flexibility index (Phi) is 6.20. The van der Waals surface area contributed by atoms with Gasteiger partial charge in [-0.3, -0.25) is 10.1 Å². The lowest BCUT2D eigenvalue weighted by Crippen LogP contribution is -2.50. The van der Waals surface area contributed by atoms with Crippen LogP contribution in [0.3, 0.4) is 0 Å². The van der Waals surface area contributed by atoms with E-state index in [9.17, 15) is 4.79 Å². The van der Waals surface area contributed by atoms with Crippen LogP contribution in [0.25, 0.3) is 0 Å². The Morgan fingerprint density at radius 3 is 2.28 bits per heavy atom. The fourth-order valence-corrected chi connectivity index (χ4v) is 3.24. The lowest BCUT2D eigenvalue weighted by atomic mass is 9.98. The van der Waals surface area contributed by atoms with E-state index in [0.29, 0.717) is 26.3 Å². The predicted octanol–water partition coefficient (Wildman–Crippen LogP) is 2.81. The van der Waals surface area contributed by atoms with Gasteiger partial charge in [0.15, 0.2) is 0 Å². The van der Waals surface area contributed by atoms with Crippen LogP contribution in [0.1, 0.15) is 24.1 Å². The van der Waals surface area contributed by atoms with Gasteiger partial charge in [0.2, 0.25) is 5.91 Å². The van der Waals surface area contributed by atoms with E-state index in [1.165, 1.54) is 11.1 Å². The van der Waals surface area contributed by atoms with E-state index in [-0.39, 0.29) is 18.0 Å². The van der Waals surface area contributed by atoms with Crippen LogP contribution in [0.15, 0.2) is 60.7 Å². The number of benzene rings is 2. The summed E-state index contributed by atoms with van der Waals surface area (Å²) in [7, 11) is 0. The van der Waals surface area contributed by atoms with Gasteiger partial charge in [-0.15, -0.1) is 0 Å². The number of nitrogens with zero attached hydrogens (tertiary/aromatic N) is 1. The molecule has 0 spiro atoms. The fourth-order valence-electron chi connectivity index (χ4n) is 3.24. The van der Waals surface area contributed by atoms with Crippen molar-refractivity contribution in [2.45, 2.75) is 25.4 Å². The Hall–Kier alpha value is -2.17. The van der Waals surface area contributed by atoms with Gasteiger partial charge in [-0.2, -0.15) is 0 Å². The molecule has 0 aliphatic carbocycles. The van der Waals surface area contributed by atoms with E-state index in [0.717, 1.165) is 6.42 Å². The first-order valence-corrected chi connectivity index (χ1v) is 8.95. The molecular formula is C21H26N2O2. The lowest BCUT2D eigenvalue weighted by molar-refractivity contribution is -0.137. The maximum Gasteiger partial charge on any atom is 0.239 e. The predicted molar refractivity (Wildman–Crippen MR) is 99.3 cm³/mol. The molecule has 4 heteroatoms. The Labute approximate surface area is 149 Å². The average Bonchev–Trinajstić information content (AvgIpc) is 2.69. The molecule has 0 saturated carbocycles. The van der Waals surface area contributed by atoms with Gasteiger partial charge < -0.3 is 9.64 Å². The Morgan fingerprint density at radius 1 is 1.04 bits per heavy atom. The summed E-state index contributed by atoms with van der Waals surface area (Å²) in [6.07, 6.45) is 0.853. The van der Waals surface area contributed by atoms with Gasteiger partial charge in [0.1, 0.15) is 0 Å². The molecule has 2 aromatic carbocycles. The van der Waals surface area contributed by atoms with Crippen molar-refractivity contribution >= 4 is 5.91 Å². The first-order valence-electron chi connectivity index (χ1n) is 8.95. The topological polar surface area (TPSA) is 41.6 Å². The maximum atomic E-state index is 12.7. The smallest absolute Gasteiger partial charge is 0.239 e. The third kappa shape index (κ3) is 4.91. The van der Waals surface area contributed by atoms with Crippen LogP contribution in [0.2, 0.25) is 0 Å². The number of hydrogen-bond acceptors (Lipinski definition) is 3. The minimum Gasteiger partial charge on any atom is -0.378 e. The largest absolute Gasteiger partial charge is 0.378 e. The summed E-state index contributed by atoms with van der Waals surface area (Å²) < 4.78 is 5.34. The molecule has 2 atom stereocenters. The zero-order valence-electron chi connectivity index (χ0n) is 14.7.